The molecule has 0 saturated heterocycles. The van der Waals surface area contributed by atoms with Gasteiger partial charge in [0.25, 0.3) is 0 Å². The molecule has 37 heavy (non-hydrogen) atoms. The summed E-state index contributed by atoms with van der Waals surface area (Å²) in [5, 5.41) is 2.49. The van der Waals surface area contributed by atoms with Crippen molar-refractivity contribution in [3.63, 3.8) is 0 Å². The van der Waals surface area contributed by atoms with E-state index in [1.54, 1.807) is 0 Å². The second-order valence-corrected chi connectivity index (χ2v) is 9.79. The summed E-state index contributed by atoms with van der Waals surface area (Å²) in [4.78, 5) is 17.5. The van der Waals surface area contributed by atoms with Crippen molar-refractivity contribution in [3.05, 3.63) is 83.4 Å². The van der Waals surface area contributed by atoms with Gasteiger partial charge in [0.15, 0.2) is 0 Å². The van der Waals surface area contributed by atoms with Gasteiger partial charge in [-0.2, -0.15) is 13.2 Å². The molecule has 0 aliphatic heterocycles. The molecule has 8 heteroatoms. The fourth-order valence-electron chi connectivity index (χ4n) is 5.21. The summed E-state index contributed by atoms with van der Waals surface area (Å²) in [6.07, 6.45) is -1.59. The van der Waals surface area contributed by atoms with E-state index in [1.807, 2.05) is 14.0 Å². The number of rotatable bonds is 4. The summed E-state index contributed by atoms with van der Waals surface area (Å²) in [6.45, 7) is 1.98. The number of imidazole rings is 1. The molecule has 1 aliphatic carbocycles. The number of carbonyl (C=O) groups excluding carboxylic acids is 1. The molecule has 1 heterocycles. The van der Waals surface area contributed by atoms with Crippen LogP contribution in [0.1, 0.15) is 48.6 Å². The number of carbonyl (C=O) groups is 1. The summed E-state index contributed by atoms with van der Waals surface area (Å²) in [5.74, 6) is -0.657. The molecular weight excluding hydrogens is 482 g/mol. The van der Waals surface area contributed by atoms with Gasteiger partial charge in [0.1, 0.15) is 11.6 Å². The molecule has 2 unspecified atom stereocenters. The van der Waals surface area contributed by atoms with Gasteiger partial charge in [0, 0.05) is 13.0 Å². The van der Waals surface area contributed by atoms with Crippen LogP contribution in [-0.4, -0.2) is 15.5 Å². The maximum absolute atomic E-state index is 14.2. The number of alkyl halides is 3. The van der Waals surface area contributed by atoms with E-state index in [2.05, 4.69) is 57.3 Å². The number of hydrogen-bond acceptors (Lipinski definition) is 2. The molecule has 1 aliphatic rings. The zero-order valence-corrected chi connectivity index (χ0v) is 20.6. The number of nitrogens with one attached hydrogen (secondary N) is 1. The first-order valence-electron chi connectivity index (χ1n) is 12.3. The lowest BCUT2D eigenvalue weighted by Crippen LogP contribution is -2.28. The Labute approximate surface area is 212 Å². The van der Waals surface area contributed by atoms with Crippen molar-refractivity contribution in [1.82, 2.24) is 9.55 Å². The van der Waals surface area contributed by atoms with Crippen LogP contribution in [0.25, 0.3) is 22.2 Å². The van der Waals surface area contributed by atoms with E-state index in [4.69, 9.17) is 0 Å². The minimum Gasteiger partial charge on any atom is -0.331 e. The fourth-order valence-corrected chi connectivity index (χ4v) is 5.21. The Bertz CT molecular complexity index is 1460. The molecule has 1 saturated carbocycles. The summed E-state index contributed by atoms with van der Waals surface area (Å²) < 4.78 is 54.7. The maximum Gasteiger partial charge on any atom is 0.416 e. The molecule has 0 radical (unpaired) electrons. The van der Waals surface area contributed by atoms with Gasteiger partial charge in [0.2, 0.25) is 5.91 Å². The molecular formula is C29H27F4N3O. The SMILES string of the molecule is Cc1nc2cc(-c3ccc(C4CCCC(C(=O)Nc5ccc(C(F)(F)F)cc5F)C4)cc3)ccc2n1C. The van der Waals surface area contributed by atoms with E-state index in [9.17, 15) is 22.4 Å². The number of aryl methyl sites for hydroxylation is 2. The number of halogens is 4. The van der Waals surface area contributed by atoms with Gasteiger partial charge in [-0.25, -0.2) is 9.37 Å². The average molecular weight is 510 g/mol. The number of aromatic nitrogens is 2. The van der Waals surface area contributed by atoms with E-state index in [0.717, 1.165) is 58.5 Å². The highest BCUT2D eigenvalue weighted by atomic mass is 19.4. The number of anilines is 1. The Kier molecular flexibility index (Phi) is 6.52. The zero-order chi connectivity index (χ0) is 26.3. The molecule has 1 N–H and O–H groups in total. The molecule has 4 aromatic rings. The van der Waals surface area contributed by atoms with Crippen LogP contribution < -0.4 is 5.32 Å². The molecule has 0 spiro atoms. The van der Waals surface area contributed by atoms with Crippen molar-refractivity contribution < 1.29 is 22.4 Å². The van der Waals surface area contributed by atoms with Crippen LogP contribution in [-0.2, 0) is 18.0 Å². The van der Waals surface area contributed by atoms with E-state index in [-0.39, 0.29) is 23.4 Å². The molecule has 1 amide bonds. The lowest BCUT2D eigenvalue weighted by molar-refractivity contribution is -0.137. The Morgan fingerprint density at radius 3 is 2.43 bits per heavy atom. The van der Waals surface area contributed by atoms with Gasteiger partial charge in [0.05, 0.1) is 22.3 Å². The standard InChI is InChI=1S/C29H27F4N3O/c1-17-34-26-15-21(10-13-27(26)36(17)2)19-8-6-18(7-9-19)20-4-3-5-22(14-20)28(37)35-25-12-11-23(16-24(25)30)29(31,32)33/h6-13,15-16,20,22H,3-5,14H2,1-2H3,(H,35,37). The van der Waals surface area contributed by atoms with Crippen molar-refractivity contribution in [3.8, 4) is 11.1 Å². The second kappa shape index (κ2) is 9.65. The summed E-state index contributed by atoms with van der Waals surface area (Å²) in [7, 11) is 2.00. The third-order valence-corrected chi connectivity index (χ3v) is 7.42. The second-order valence-electron chi connectivity index (χ2n) is 9.79. The van der Waals surface area contributed by atoms with Gasteiger partial charge < -0.3 is 9.88 Å². The lowest BCUT2D eigenvalue weighted by atomic mass is 9.77. The number of fused-ring (bicyclic) bond motifs is 1. The highest BCUT2D eigenvalue weighted by Crippen LogP contribution is 2.38. The Morgan fingerprint density at radius 2 is 1.73 bits per heavy atom. The normalized spacial score (nSPS) is 18.2. The van der Waals surface area contributed by atoms with Crippen LogP contribution in [0, 0.1) is 18.7 Å². The molecule has 4 nitrogen and oxygen atoms in total. The van der Waals surface area contributed by atoms with E-state index in [1.165, 1.54) is 0 Å². The maximum atomic E-state index is 14.2. The van der Waals surface area contributed by atoms with Crippen molar-refractivity contribution in [1.29, 1.82) is 0 Å². The summed E-state index contributed by atoms with van der Waals surface area (Å²) in [6, 6.07) is 16.7. The van der Waals surface area contributed by atoms with Gasteiger partial charge in [-0.15, -0.1) is 0 Å². The fraction of sp³-hybridized carbons (Fsp3) is 0.310. The Hall–Kier alpha value is -3.68. The first-order valence-corrected chi connectivity index (χ1v) is 12.3. The van der Waals surface area contributed by atoms with Gasteiger partial charge in [-0.3, -0.25) is 4.79 Å². The third-order valence-electron chi connectivity index (χ3n) is 7.42. The summed E-state index contributed by atoms with van der Waals surface area (Å²) >= 11 is 0. The number of hydrogen-bond donors (Lipinski definition) is 1. The molecule has 1 aromatic heterocycles. The summed E-state index contributed by atoms with van der Waals surface area (Å²) in [5.41, 5.74) is 4.02. The van der Waals surface area contributed by atoms with Crippen LogP contribution in [0.3, 0.4) is 0 Å². The number of benzene rings is 3. The average Bonchev–Trinajstić information content (AvgIpc) is 3.17. The zero-order valence-electron chi connectivity index (χ0n) is 20.6. The van der Waals surface area contributed by atoms with E-state index < -0.39 is 17.6 Å². The Balaban J connectivity index is 1.27. The van der Waals surface area contributed by atoms with Crippen LogP contribution in [0.2, 0.25) is 0 Å². The highest BCUT2D eigenvalue weighted by Gasteiger charge is 2.32. The van der Waals surface area contributed by atoms with E-state index >= 15 is 0 Å². The monoisotopic (exact) mass is 509 g/mol. The van der Waals surface area contributed by atoms with Crippen molar-refractivity contribution in [2.24, 2.45) is 13.0 Å². The largest absolute Gasteiger partial charge is 0.416 e. The predicted octanol–water partition coefficient (Wildman–Crippen LogP) is 7.62. The smallest absolute Gasteiger partial charge is 0.331 e. The number of amides is 1. The van der Waals surface area contributed by atoms with Crippen molar-refractivity contribution in [2.45, 2.75) is 44.7 Å². The van der Waals surface area contributed by atoms with Crippen LogP contribution in [0.15, 0.2) is 60.7 Å². The quantitative estimate of drug-likeness (QED) is 0.288. The van der Waals surface area contributed by atoms with Gasteiger partial charge >= 0.3 is 6.18 Å². The molecule has 5 rings (SSSR count). The first kappa shape index (κ1) is 25.0. The van der Waals surface area contributed by atoms with Gasteiger partial charge in [-0.1, -0.05) is 36.8 Å². The minimum atomic E-state index is -4.64. The third kappa shape index (κ3) is 5.10. The predicted molar refractivity (Wildman–Crippen MR) is 136 cm³/mol. The van der Waals surface area contributed by atoms with Crippen molar-refractivity contribution >= 4 is 22.6 Å². The Morgan fingerprint density at radius 1 is 1.00 bits per heavy atom. The molecule has 2 atom stereocenters. The molecule has 192 valence electrons. The van der Waals surface area contributed by atoms with Crippen LogP contribution >= 0.6 is 0 Å². The number of nitrogens with zero attached hydrogens (tertiary/aromatic N) is 2. The topological polar surface area (TPSA) is 46.9 Å². The first-order chi connectivity index (χ1) is 17.6. The molecule has 3 aromatic carbocycles. The van der Waals surface area contributed by atoms with Gasteiger partial charge in [-0.05, 0) is 79.1 Å². The lowest BCUT2D eigenvalue weighted by Gasteiger charge is -2.29. The van der Waals surface area contributed by atoms with Crippen LogP contribution in [0.4, 0.5) is 23.2 Å². The van der Waals surface area contributed by atoms with Crippen molar-refractivity contribution in [2.75, 3.05) is 5.32 Å². The molecule has 1 fully saturated rings. The molecule has 0 bridgehead atoms. The minimum absolute atomic E-state index is 0.178. The van der Waals surface area contributed by atoms with E-state index in [0.29, 0.717) is 18.9 Å². The van der Waals surface area contributed by atoms with Crippen LogP contribution in [0.5, 0.6) is 0 Å². The highest BCUT2D eigenvalue weighted by molar-refractivity contribution is 5.92.